The van der Waals surface area contributed by atoms with Crippen molar-refractivity contribution < 1.29 is 9.21 Å². The van der Waals surface area contributed by atoms with E-state index in [1.54, 1.807) is 25.2 Å². The van der Waals surface area contributed by atoms with E-state index < -0.39 is 5.76 Å². The van der Waals surface area contributed by atoms with Gasteiger partial charge in [0.1, 0.15) is 12.4 Å². The van der Waals surface area contributed by atoms with E-state index in [1.807, 2.05) is 18.2 Å². The van der Waals surface area contributed by atoms with Gasteiger partial charge in [0.25, 0.3) is 0 Å². The van der Waals surface area contributed by atoms with Crippen molar-refractivity contribution in [3.8, 4) is 0 Å². The third kappa shape index (κ3) is 3.50. The quantitative estimate of drug-likeness (QED) is 0.516. The zero-order chi connectivity index (χ0) is 19.1. The number of amides is 1. The molecular weight excluding hydrogens is 436 g/mol. The lowest BCUT2D eigenvalue weighted by Gasteiger charge is -2.15. The first kappa shape index (κ1) is 17.8. The second-order valence-electron chi connectivity index (χ2n) is 6.16. The highest BCUT2D eigenvalue weighted by Gasteiger charge is 2.17. The monoisotopic (exact) mass is 448 g/mol. The number of H-pyrrole nitrogens is 1. The van der Waals surface area contributed by atoms with Crippen LogP contribution in [0.5, 0.6) is 0 Å². The van der Waals surface area contributed by atoms with Gasteiger partial charge in [0.05, 0.1) is 23.1 Å². The lowest BCUT2D eigenvalue weighted by Crippen LogP contribution is -2.32. The molecule has 0 saturated carbocycles. The number of benzene rings is 2. The summed E-state index contributed by atoms with van der Waals surface area (Å²) in [6.45, 7) is 0.144. The average molecular weight is 450 g/mol. The molecular formula is C18H14BrClN4O3. The number of aromatic nitrogens is 3. The molecule has 7 nitrogen and oxygen atoms in total. The molecule has 0 saturated heterocycles. The van der Waals surface area contributed by atoms with E-state index in [0.29, 0.717) is 21.9 Å². The van der Waals surface area contributed by atoms with E-state index >= 15 is 0 Å². The predicted octanol–water partition coefficient (Wildman–Crippen LogP) is 3.55. The number of halogens is 2. The zero-order valence-corrected chi connectivity index (χ0v) is 16.5. The Morgan fingerprint density at radius 1 is 1.33 bits per heavy atom. The number of imidazole rings is 1. The molecule has 0 atom stereocenters. The van der Waals surface area contributed by atoms with Crippen LogP contribution in [0.3, 0.4) is 0 Å². The van der Waals surface area contributed by atoms with Crippen LogP contribution in [-0.4, -0.2) is 32.4 Å². The molecule has 0 bridgehead atoms. The molecule has 2 aromatic heterocycles. The molecule has 4 rings (SSSR count). The van der Waals surface area contributed by atoms with E-state index in [4.69, 9.17) is 16.0 Å². The van der Waals surface area contributed by atoms with Crippen molar-refractivity contribution in [2.75, 3.05) is 7.05 Å². The number of nitrogens with one attached hydrogen (secondary N) is 1. The highest BCUT2D eigenvalue weighted by Crippen LogP contribution is 2.20. The Kier molecular flexibility index (Phi) is 4.53. The lowest BCUT2D eigenvalue weighted by atomic mass is 10.3. The molecule has 27 heavy (non-hydrogen) atoms. The summed E-state index contributed by atoms with van der Waals surface area (Å²) in [5, 5.41) is 0.464. The smallest absolute Gasteiger partial charge is 0.408 e. The van der Waals surface area contributed by atoms with Crippen molar-refractivity contribution in [2.45, 2.75) is 13.1 Å². The van der Waals surface area contributed by atoms with Crippen LogP contribution < -0.4 is 5.76 Å². The molecule has 0 aliphatic rings. The Bertz CT molecular complexity index is 1230. The van der Waals surface area contributed by atoms with Gasteiger partial charge in [-0.2, -0.15) is 0 Å². The first-order valence-electron chi connectivity index (χ1n) is 8.08. The fourth-order valence-corrected chi connectivity index (χ4v) is 3.39. The molecule has 1 amide bonds. The minimum Gasteiger partial charge on any atom is -0.408 e. The number of hydrogen-bond acceptors (Lipinski definition) is 4. The van der Waals surface area contributed by atoms with E-state index in [1.165, 1.54) is 9.47 Å². The van der Waals surface area contributed by atoms with Crippen molar-refractivity contribution in [3.05, 3.63) is 62.3 Å². The molecule has 138 valence electrons. The van der Waals surface area contributed by atoms with Crippen molar-refractivity contribution in [3.63, 3.8) is 0 Å². The third-order valence-electron chi connectivity index (χ3n) is 4.23. The largest absolute Gasteiger partial charge is 0.420 e. The molecule has 0 unspecified atom stereocenters. The number of nitrogens with zero attached hydrogens (tertiary/aromatic N) is 3. The standard InChI is InChI=1S/C18H14BrClN4O3/c1-23(8-16-21-12-4-2-10(19)6-13(12)22-16)17(25)9-24-14-7-11(20)3-5-15(14)27-18(24)26/h2-7H,8-9H2,1H3,(H,21,22). The summed E-state index contributed by atoms with van der Waals surface area (Å²) in [6, 6.07) is 10.6. The molecule has 0 spiro atoms. The van der Waals surface area contributed by atoms with Gasteiger partial charge in [-0.25, -0.2) is 9.78 Å². The van der Waals surface area contributed by atoms with E-state index in [0.717, 1.165) is 15.5 Å². The Balaban J connectivity index is 1.55. The van der Waals surface area contributed by atoms with Crippen molar-refractivity contribution in [1.29, 1.82) is 0 Å². The number of rotatable bonds is 4. The van der Waals surface area contributed by atoms with Crippen LogP contribution in [0.15, 0.2) is 50.1 Å². The van der Waals surface area contributed by atoms with Crippen LogP contribution in [0.25, 0.3) is 22.1 Å². The van der Waals surface area contributed by atoms with Gasteiger partial charge in [-0.1, -0.05) is 27.5 Å². The van der Waals surface area contributed by atoms with Gasteiger partial charge in [0.2, 0.25) is 5.91 Å². The number of aromatic amines is 1. The van der Waals surface area contributed by atoms with E-state index in [9.17, 15) is 9.59 Å². The molecule has 0 fully saturated rings. The summed E-state index contributed by atoms with van der Waals surface area (Å²) >= 11 is 9.41. The van der Waals surface area contributed by atoms with Crippen molar-refractivity contribution in [1.82, 2.24) is 19.4 Å². The second kappa shape index (κ2) is 6.86. The van der Waals surface area contributed by atoms with Crippen LogP contribution in [-0.2, 0) is 17.9 Å². The molecule has 0 aliphatic heterocycles. The molecule has 4 aromatic rings. The van der Waals surface area contributed by atoms with Gasteiger partial charge in [0.15, 0.2) is 5.58 Å². The van der Waals surface area contributed by atoms with E-state index in [2.05, 4.69) is 25.9 Å². The lowest BCUT2D eigenvalue weighted by molar-refractivity contribution is -0.131. The second-order valence-corrected chi connectivity index (χ2v) is 7.51. The van der Waals surface area contributed by atoms with Crippen LogP contribution in [0.1, 0.15) is 5.82 Å². The number of carbonyl (C=O) groups excluding carboxylic acids is 1. The summed E-state index contributed by atoms with van der Waals surface area (Å²) in [5.41, 5.74) is 2.58. The topological polar surface area (TPSA) is 84.1 Å². The Hall–Kier alpha value is -2.58. The van der Waals surface area contributed by atoms with Gasteiger partial charge in [-0.05, 0) is 36.4 Å². The average Bonchev–Trinajstić information content (AvgIpc) is 3.15. The fraction of sp³-hybridized carbons (Fsp3) is 0.167. The normalized spacial score (nSPS) is 11.4. The van der Waals surface area contributed by atoms with E-state index in [-0.39, 0.29) is 19.0 Å². The molecule has 0 radical (unpaired) electrons. The van der Waals surface area contributed by atoms with Gasteiger partial charge in [-0.15, -0.1) is 0 Å². The zero-order valence-electron chi connectivity index (χ0n) is 14.2. The van der Waals surface area contributed by atoms with Gasteiger partial charge in [0, 0.05) is 16.5 Å². The number of likely N-dealkylation sites (N-methyl/N-ethyl adjacent to an activating group) is 1. The molecule has 2 aromatic carbocycles. The van der Waals surface area contributed by atoms with Crippen LogP contribution in [0, 0.1) is 0 Å². The van der Waals surface area contributed by atoms with Crippen LogP contribution in [0.4, 0.5) is 0 Å². The molecule has 0 aliphatic carbocycles. The minimum absolute atomic E-state index is 0.144. The summed E-state index contributed by atoms with van der Waals surface area (Å²) in [6.07, 6.45) is 0. The Morgan fingerprint density at radius 3 is 2.96 bits per heavy atom. The highest BCUT2D eigenvalue weighted by molar-refractivity contribution is 9.10. The maximum atomic E-state index is 12.6. The van der Waals surface area contributed by atoms with Crippen LogP contribution in [0.2, 0.25) is 5.02 Å². The first-order valence-corrected chi connectivity index (χ1v) is 9.25. The number of carbonyl (C=O) groups is 1. The first-order chi connectivity index (χ1) is 12.9. The van der Waals surface area contributed by atoms with Crippen molar-refractivity contribution in [2.24, 2.45) is 0 Å². The molecule has 1 N–H and O–H groups in total. The maximum Gasteiger partial charge on any atom is 0.420 e. The van der Waals surface area contributed by atoms with Crippen molar-refractivity contribution >= 4 is 55.6 Å². The summed E-state index contributed by atoms with van der Waals surface area (Å²) in [5.74, 6) is -0.185. The number of hydrogen-bond donors (Lipinski definition) is 1. The summed E-state index contributed by atoms with van der Waals surface area (Å²) in [4.78, 5) is 33.9. The minimum atomic E-state index is -0.595. The highest BCUT2D eigenvalue weighted by atomic mass is 79.9. The van der Waals surface area contributed by atoms with Gasteiger partial charge in [-0.3, -0.25) is 9.36 Å². The number of fused-ring (bicyclic) bond motifs is 2. The fourth-order valence-electron chi connectivity index (χ4n) is 2.86. The van der Waals surface area contributed by atoms with Gasteiger partial charge >= 0.3 is 5.76 Å². The number of oxazole rings is 1. The van der Waals surface area contributed by atoms with Crippen LogP contribution >= 0.6 is 27.5 Å². The predicted molar refractivity (Wildman–Crippen MR) is 106 cm³/mol. The third-order valence-corrected chi connectivity index (χ3v) is 4.96. The molecule has 2 heterocycles. The summed E-state index contributed by atoms with van der Waals surface area (Å²) in [7, 11) is 1.66. The Labute approximate surface area is 166 Å². The maximum absolute atomic E-state index is 12.6. The Morgan fingerprint density at radius 2 is 2.15 bits per heavy atom. The van der Waals surface area contributed by atoms with Gasteiger partial charge < -0.3 is 14.3 Å². The SMILES string of the molecule is CN(Cc1nc2ccc(Br)cc2[nH]1)C(=O)Cn1c(=O)oc2ccc(Cl)cc21. The summed E-state index contributed by atoms with van der Waals surface area (Å²) < 4.78 is 7.38. The molecule has 9 heteroatoms.